The van der Waals surface area contributed by atoms with E-state index in [-0.39, 0.29) is 23.8 Å². The fourth-order valence-corrected chi connectivity index (χ4v) is 4.35. The lowest BCUT2D eigenvalue weighted by Crippen LogP contribution is -2.13. The SMILES string of the molecule is O=C1C(=C(O)c2cc(C(F)(F)F)cc(C(F)(F)F)c2)S(=O)(=O)c2ccccc21. The first-order valence-electron chi connectivity index (χ1n) is 7.36. The number of sulfone groups is 1. The first kappa shape index (κ1) is 19.9. The number of rotatable bonds is 1. The van der Waals surface area contributed by atoms with E-state index in [0.29, 0.717) is 0 Å². The lowest BCUT2D eigenvalue weighted by atomic mass is 10.0. The van der Waals surface area contributed by atoms with Gasteiger partial charge >= 0.3 is 12.4 Å². The van der Waals surface area contributed by atoms with E-state index in [1.165, 1.54) is 12.1 Å². The second-order valence-electron chi connectivity index (χ2n) is 5.80. The number of allylic oxidation sites excluding steroid dienone is 1. The van der Waals surface area contributed by atoms with Gasteiger partial charge in [0, 0.05) is 11.1 Å². The number of ketones is 1. The molecule has 0 aliphatic carbocycles. The van der Waals surface area contributed by atoms with E-state index in [9.17, 15) is 44.7 Å². The van der Waals surface area contributed by atoms with E-state index >= 15 is 0 Å². The predicted octanol–water partition coefficient (Wildman–Crippen LogP) is 4.62. The van der Waals surface area contributed by atoms with Crippen LogP contribution < -0.4 is 0 Å². The van der Waals surface area contributed by atoms with Crippen LogP contribution in [0.4, 0.5) is 26.3 Å². The van der Waals surface area contributed by atoms with Gasteiger partial charge in [-0.25, -0.2) is 8.42 Å². The van der Waals surface area contributed by atoms with Crippen molar-refractivity contribution in [3.8, 4) is 0 Å². The molecule has 1 heterocycles. The summed E-state index contributed by atoms with van der Waals surface area (Å²) in [7, 11) is -4.62. The summed E-state index contributed by atoms with van der Waals surface area (Å²) in [6, 6.07) is 4.85. The van der Waals surface area contributed by atoms with Crippen molar-refractivity contribution in [3.05, 3.63) is 69.6 Å². The van der Waals surface area contributed by atoms with Crippen molar-refractivity contribution in [2.75, 3.05) is 0 Å². The molecular weight excluding hydrogens is 414 g/mol. The summed E-state index contributed by atoms with van der Waals surface area (Å²) in [4.78, 5) is 10.6. The molecule has 0 fully saturated rings. The normalized spacial score (nSPS) is 18.1. The Morgan fingerprint density at radius 1 is 0.857 bits per heavy atom. The largest absolute Gasteiger partial charge is 0.506 e. The van der Waals surface area contributed by atoms with Gasteiger partial charge < -0.3 is 5.11 Å². The third-order valence-corrected chi connectivity index (χ3v) is 5.82. The van der Waals surface area contributed by atoms with E-state index in [4.69, 9.17) is 0 Å². The van der Waals surface area contributed by atoms with Crippen LogP contribution in [0.2, 0.25) is 0 Å². The summed E-state index contributed by atoms with van der Waals surface area (Å²) in [5.41, 5.74) is -4.95. The maximum Gasteiger partial charge on any atom is 0.416 e. The van der Waals surface area contributed by atoms with Crippen LogP contribution in [0.15, 0.2) is 52.3 Å². The number of hydrogen-bond acceptors (Lipinski definition) is 4. The van der Waals surface area contributed by atoms with Gasteiger partial charge in [0.1, 0.15) is 5.76 Å². The van der Waals surface area contributed by atoms with Crippen molar-refractivity contribution < 1.29 is 44.7 Å². The average Bonchev–Trinajstić information content (AvgIpc) is 2.79. The predicted molar refractivity (Wildman–Crippen MR) is 84.0 cm³/mol. The Labute approximate surface area is 153 Å². The van der Waals surface area contributed by atoms with Crippen molar-refractivity contribution in [1.82, 2.24) is 0 Å². The molecule has 28 heavy (non-hydrogen) atoms. The molecule has 1 N–H and O–H groups in total. The van der Waals surface area contributed by atoms with Gasteiger partial charge in [0.15, 0.2) is 4.91 Å². The molecule has 0 spiro atoms. The highest BCUT2D eigenvalue weighted by molar-refractivity contribution is 7.97. The first-order chi connectivity index (χ1) is 12.7. The minimum Gasteiger partial charge on any atom is -0.506 e. The van der Waals surface area contributed by atoms with Crippen LogP contribution in [-0.2, 0) is 22.2 Å². The van der Waals surface area contributed by atoms with E-state index < -0.39 is 60.2 Å². The second-order valence-corrected chi connectivity index (χ2v) is 7.66. The lowest BCUT2D eigenvalue weighted by Gasteiger charge is -2.14. The lowest BCUT2D eigenvalue weighted by molar-refractivity contribution is -0.143. The van der Waals surface area contributed by atoms with Crippen LogP contribution in [0.1, 0.15) is 27.0 Å². The van der Waals surface area contributed by atoms with Crippen LogP contribution in [-0.4, -0.2) is 19.3 Å². The molecule has 4 nitrogen and oxygen atoms in total. The summed E-state index contributed by atoms with van der Waals surface area (Å²) >= 11 is 0. The molecule has 0 saturated heterocycles. The van der Waals surface area contributed by atoms with Gasteiger partial charge in [0.2, 0.25) is 15.6 Å². The molecule has 1 aliphatic heterocycles. The summed E-state index contributed by atoms with van der Waals surface area (Å²) in [6.07, 6.45) is -10.4. The van der Waals surface area contributed by atoms with Crippen LogP contribution in [0, 0.1) is 0 Å². The third-order valence-electron chi connectivity index (χ3n) is 3.97. The van der Waals surface area contributed by atoms with Gasteiger partial charge in [-0.3, -0.25) is 4.79 Å². The summed E-state index contributed by atoms with van der Waals surface area (Å²) in [5, 5.41) is 10.2. The molecular formula is C17H8F6O4S. The van der Waals surface area contributed by atoms with Gasteiger partial charge in [0.05, 0.1) is 16.0 Å². The van der Waals surface area contributed by atoms with Crippen molar-refractivity contribution in [1.29, 1.82) is 0 Å². The Morgan fingerprint density at radius 2 is 1.36 bits per heavy atom. The van der Waals surface area contributed by atoms with Gasteiger partial charge in [-0.15, -0.1) is 0 Å². The average molecular weight is 422 g/mol. The summed E-state index contributed by atoms with van der Waals surface area (Å²) in [5.74, 6) is -2.71. The zero-order chi connectivity index (χ0) is 21.1. The first-order valence-corrected chi connectivity index (χ1v) is 8.85. The van der Waals surface area contributed by atoms with Crippen molar-refractivity contribution in [3.63, 3.8) is 0 Å². The molecule has 11 heteroatoms. The molecule has 2 aromatic carbocycles. The van der Waals surface area contributed by atoms with Crippen LogP contribution in [0.25, 0.3) is 5.76 Å². The van der Waals surface area contributed by atoms with E-state index in [2.05, 4.69) is 0 Å². The summed E-state index contributed by atoms with van der Waals surface area (Å²) in [6.45, 7) is 0. The number of halogens is 6. The quantitative estimate of drug-likeness (QED) is 0.414. The monoisotopic (exact) mass is 422 g/mol. The highest BCUT2D eigenvalue weighted by Gasteiger charge is 2.43. The van der Waals surface area contributed by atoms with E-state index in [1.807, 2.05) is 0 Å². The van der Waals surface area contributed by atoms with Crippen LogP contribution in [0.5, 0.6) is 0 Å². The molecule has 0 saturated carbocycles. The maximum atomic E-state index is 13.0. The number of aliphatic hydroxyl groups is 1. The molecule has 0 amide bonds. The van der Waals surface area contributed by atoms with Gasteiger partial charge in [-0.05, 0) is 30.3 Å². The Hall–Kier alpha value is -2.82. The number of aliphatic hydroxyl groups excluding tert-OH is 1. The van der Waals surface area contributed by atoms with Crippen molar-refractivity contribution in [2.24, 2.45) is 0 Å². The number of fused-ring (bicyclic) bond motifs is 1. The Morgan fingerprint density at radius 3 is 1.82 bits per heavy atom. The Balaban J connectivity index is 2.31. The fraction of sp³-hybridized carbons (Fsp3) is 0.118. The number of Topliss-reactive ketones (excluding diaryl/α,β-unsaturated/α-hetero) is 1. The molecule has 148 valence electrons. The highest BCUT2D eigenvalue weighted by atomic mass is 32.2. The Kier molecular flexibility index (Phi) is 4.34. The highest BCUT2D eigenvalue weighted by Crippen LogP contribution is 2.41. The molecule has 1 aliphatic rings. The maximum absolute atomic E-state index is 13.0. The van der Waals surface area contributed by atoms with Crippen molar-refractivity contribution >= 4 is 21.4 Å². The number of alkyl halides is 6. The topological polar surface area (TPSA) is 71.4 Å². The molecule has 3 rings (SSSR count). The van der Waals surface area contributed by atoms with Gasteiger partial charge in [-0.2, -0.15) is 26.3 Å². The molecule has 2 aromatic rings. The number of benzene rings is 2. The second kappa shape index (κ2) is 6.09. The molecule has 0 unspecified atom stereocenters. The minimum atomic E-state index is -5.21. The molecule has 0 radical (unpaired) electrons. The zero-order valence-electron chi connectivity index (χ0n) is 13.4. The Bertz CT molecular complexity index is 1090. The van der Waals surface area contributed by atoms with Crippen LogP contribution in [0.3, 0.4) is 0 Å². The van der Waals surface area contributed by atoms with Gasteiger partial charge in [0.25, 0.3) is 0 Å². The zero-order valence-corrected chi connectivity index (χ0v) is 14.2. The minimum absolute atomic E-state index is 0.142. The third kappa shape index (κ3) is 3.15. The standard InChI is InChI=1S/C17H8F6O4S/c18-16(19,20)9-5-8(6-10(7-9)17(21,22)23)13(24)15-14(25)11-3-1-2-4-12(11)28(15,26)27/h1-7,24H. The van der Waals surface area contributed by atoms with Gasteiger partial charge in [-0.1, -0.05) is 12.1 Å². The molecule has 0 bridgehead atoms. The van der Waals surface area contributed by atoms with Crippen molar-refractivity contribution in [2.45, 2.75) is 17.2 Å². The molecule has 0 atom stereocenters. The number of carbonyl (C=O) groups excluding carboxylic acids is 1. The number of carbonyl (C=O) groups is 1. The van der Waals surface area contributed by atoms with E-state index in [1.54, 1.807) is 0 Å². The van der Waals surface area contributed by atoms with Crippen LogP contribution >= 0.6 is 0 Å². The fourth-order valence-electron chi connectivity index (χ4n) is 2.70. The van der Waals surface area contributed by atoms with E-state index in [0.717, 1.165) is 12.1 Å². The summed E-state index contributed by atoms with van der Waals surface area (Å²) < 4.78 is 103. The number of hydrogen-bond donors (Lipinski definition) is 1. The molecule has 0 aromatic heterocycles. The smallest absolute Gasteiger partial charge is 0.416 e.